The van der Waals surface area contributed by atoms with Crippen molar-refractivity contribution in [2.75, 3.05) is 5.75 Å². The third-order valence-corrected chi connectivity index (χ3v) is 5.84. The van der Waals surface area contributed by atoms with Gasteiger partial charge in [-0.2, -0.15) is 5.26 Å². The van der Waals surface area contributed by atoms with E-state index >= 15 is 0 Å². The predicted octanol–water partition coefficient (Wildman–Crippen LogP) is 5.89. The molecule has 0 aliphatic rings. The lowest BCUT2D eigenvalue weighted by Gasteiger charge is -2.08. The number of ketones is 1. The zero-order valence-electron chi connectivity index (χ0n) is 17.7. The van der Waals surface area contributed by atoms with E-state index in [1.807, 2.05) is 60.7 Å². The van der Waals surface area contributed by atoms with Gasteiger partial charge in [0, 0.05) is 21.7 Å². The number of Topliss-reactive ketones (excluding diaryl/α,β-unsaturated/α-hetero) is 1. The van der Waals surface area contributed by atoms with Gasteiger partial charge in [-0.25, -0.2) is 4.98 Å². The number of hydrogen-bond acceptors (Lipinski definition) is 6. The number of H-pyrrole nitrogens is 1. The van der Waals surface area contributed by atoms with Crippen molar-refractivity contribution in [1.82, 2.24) is 9.97 Å². The second-order valence-corrected chi connectivity index (χ2v) is 8.06. The summed E-state index contributed by atoms with van der Waals surface area (Å²) >= 11 is 1.07. The minimum atomic E-state index is -0.562. The fraction of sp³-hybridized carbons (Fsp3) is 0.0400. The van der Waals surface area contributed by atoms with E-state index in [9.17, 15) is 14.9 Å². The molecule has 8 nitrogen and oxygen atoms in total. The van der Waals surface area contributed by atoms with E-state index in [4.69, 9.17) is 5.53 Å². The lowest BCUT2D eigenvalue weighted by atomic mass is 10.0. The molecular formula is C25H16N6O2S. The Bertz CT molecular complexity index is 1480. The molecule has 9 heteroatoms. The molecule has 0 aliphatic heterocycles. The molecule has 0 spiro atoms. The molecule has 0 saturated heterocycles. The molecular weight excluding hydrogens is 448 g/mol. The summed E-state index contributed by atoms with van der Waals surface area (Å²) in [5.74, 6) is -0.152. The van der Waals surface area contributed by atoms with Crippen LogP contribution >= 0.6 is 11.8 Å². The Hall–Kier alpha value is -4.64. The van der Waals surface area contributed by atoms with Crippen molar-refractivity contribution in [3.8, 4) is 28.5 Å². The maximum atomic E-state index is 12.5. The van der Waals surface area contributed by atoms with Gasteiger partial charge in [0.05, 0.1) is 11.4 Å². The number of carbonyl (C=O) groups is 1. The van der Waals surface area contributed by atoms with Crippen LogP contribution in [0.15, 0.2) is 93.9 Å². The third-order valence-electron chi connectivity index (χ3n) is 4.96. The van der Waals surface area contributed by atoms with Gasteiger partial charge in [-0.1, -0.05) is 95.7 Å². The molecule has 0 radical (unpaired) electrons. The van der Waals surface area contributed by atoms with Crippen LogP contribution in [0.4, 0.5) is 5.69 Å². The number of nitriles is 1. The summed E-state index contributed by atoms with van der Waals surface area (Å²) in [5.41, 5.74) is 11.6. The quantitative estimate of drug-likeness (QED) is 0.0908. The Kier molecular flexibility index (Phi) is 6.84. The number of azide groups is 1. The summed E-state index contributed by atoms with van der Waals surface area (Å²) in [6.07, 6.45) is 0. The van der Waals surface area contributed by atoms with Gasteiger partial charge < -0.3 is 4.98 Å². The molecule has 1 N–H and O–H groups in total. The second-order valence-electron chi connectivity index (χ2n) is 7.10. The first kappa shape index (κ1) is 22.6. The Balaban J connectivity index is 1.57. The molecule has 0 aliphatic carbocycles. The molecule has 164 valence electrons. The van der Waals surface area contributed by atoms with Crippen molar-refractivity contribution in [2.45, 2.75) is 5.16 Å². The van der Waals surface area contributed by atoms with Crippen LogP contribution in [0.5, 0.6) is 0 Å². The number of aromatic nitrogens is 2. The average Bonchev–Trinajstić information content (AvgIpc) is 2.88. The highest BCUT2D eigenvalue weighted by atomic mass is 32.2. The number of aromatic amines is 1. The number of benzene rings is 3. The van der Waals surface area contributed by atoms with Gasteiger partial charge in [-0.05, 0) is 16.7 Å². The van der Waals surface area contributed by atoms with Crippen LogP contribution in [0.3, 0.4) is 0 Å². The number of carbonyl (C=O) groups excluding carboxylic acids is 1. The Morgan fingerprint density at radius 2 is 1.65 bits per heavy atom. The molecule has 0 saturated carbocycles. The van der Waals surface area contributed by atoms with Crippen molar-refractivity contribution in [3.63, 3.8) is 0 Å². The summed E-state index contributed by atoms with van der Waals surface area (Å²) in [7, 11) is 0. The van der Waals surface area contributed by atoms with Crippen LogP contribution in [-0.4, -0.2) is 21.5 Å². The minimum absolute atomic E-state index is 0.0299. The van der Waals surface area contributed by atoms with Crippen LogP contribution in [0.25, 0.3) is 32.8 Å². The number of hydrogen-bond donors (Lipinski definition) is 1. The van der Waals surface area contributed by atoms with Crippen molar-refractivity contribution in [1.29, 1.82) is 5.26 Å². The highest BCUT2D eigenvalue weighted by Crippen LogP contribution is 2.26. The first-order chi connectivity index (χ1) is 16.6. The van der Waals surface area contributed by atoms with E-state index in [2.05, 4.69) is 20.0 Å². The van der Waals surface area contributed by atoms with Crippen LogP contribution in [0.1, 0.15) is 15.9 Å². The molecule has 3 aromatic carbocycles. The monoisotopic (exact) mass is 464 g/mol. The van der Waals surface area contributed by atoms with Crippen LogP contribution in [0.2, 0.25) is 0 Å². The summed E-state index contributed by atoms with van der Waals surface area (Å²) in [6, 6.07) is 25.5. The van der Waals surface area contributed by atoms with E-state index in [1.165, 1.54) is 0 Å². The van der Waals surface area contributed by atoms with Gasteiger partial charge >= 0.3 is 0 Å². The Morgan fingerprint density at radius 3 is 2.29 bits per heavy atom. The number of thioether (sulfide) groups is 1. The average molecular weight is 465 g/mol. The Labute approximate surface area is 198 Å². The van der Waals surface area contributed by atoms with E-state index in [0.29, 0.717) is 16.8 Å². The first-order valence-electron chi connectivity index (χ1n) is 10.1. The summed E-state index contributed by atoms with van der Waals surface area (Å²) < 4.78 is 0. The van der Waals surface area contributed by atoms with Gasteiger partial charge in [0.25, 0.3) is 5.56 Å². The molecule has 0 unspecified atom stereocenters. The first-order valence-corrected chi connectivity index (χ1v) is 11.1. The molecule has 1 heterocycles. The van der Waals surface area contributed by atoms with Gasteiger partial charge in [-0.15, -0.1) is 0 Å². The van der Waals surface area contributed by atoms with Crippen molar-refractivity contribution in [2.24, 2.45) is 5.11 Å². The topological polar surface area (TPSA) is 135 Å². The van der Waals surface area contributed by atoms with Crippen LogP contribution in [-0.2, 0) is 0 Å². The largest absolute Gasteiger partial charge is 0.300 e. The number of nitrogens with one attached hydrogen (secondary N) is 1. The highest BCUT2D eigenvalue weighted by molar-refractivity contribution is 7.99. The number of rotatable bonds is 7. The van der Waals surface area contributed by atoms with Crippen LogP contribution in [0, 0.1) is 11.3 Å². The molecule has 4 aromatic rings. The molecule has 1 aromatic heterocycles. The fourth-order valence-electron chi connectivity index (χ4n) is 3.27. The van der Waals surface area contributed by atoms with Gasteiger partial charge in [0.15, 0.2) is 10.9 Å². The maximum absolute atomic E-state index is 12.5. The Morgan fingerprint density at radius 1 is 1.00 bits per heavy atom. The zero-order chi connectivity index (χ0) is 23.9. The highest BCUT2D eigenvalue weighted by Gasteiger charge is 2.15. The fourth-order valence-corrected chi connectivity index (χ4v) is 4.02. The van der Waals surface area contributed by atoms with E-state index in [1.54, 1.807) is 24.3 Å². The van der Waals surface area contributed by atoms with E-state index in [0.717, 1.165) is 22.9 Å². The number of nitrogens with zero attached hydrogens (tertiary/aromatic N) is 5. The van der Waals surface area contributed by atoms with Crippen molar-refractivity contribution in [3.05, 3.63) is 111 Å². The van der Waals surface area contributed by atoms with Gasteiger partial charge in [0.2, 0.25) is 0 Å². The lowest BCUT2D eigenvalue weighted by molar-refractivity contribution is 0.102. The molecule has 0 atom stereocenters. The standard InChI is InChI=1S/C25H16N6O2S/c26-14-21-23(19-8-6-17(7-9-19)16-4-2-1-3-5-16)28-25(29-24(21)33)34-15-22(32)18-10-12-20(13-11-18)30-31-27/h1-13H,15H2,(H,28,29,33). The predicted molar refractivity (Wildman–Crippen MR) is 131 cm³/mol. The van der Waals surface area contributed by atoms with Crippen molar-refractivity contribution < 1.29 is 4.79 Å². The van der Waals surface area contributed by atoms with Gasteiger partial charge in [-0.3, -0.25) is 9.59 Å². The zero-order valence-corrected chi connectivity index (χ0v) is 18.5. The molecule has 34 heavy (non-hydrogen) atoms. The summed E-state index contributed by atoms with van der Waals surface area (Å²) in [4.78, 5) is 34.8. The third kappa shape index (κ3) is 5.05. The molecule has 0 fully saturated rings. The summed E-state index contributed by atoms with van der Waals surface area (Å²) in [6.45, 7) is 0. The van der Waals surface area contributed by atoms with E-state index in [-0.39, 0.29) is 27.9 Å². The minimum Gasteiger partial charge on any atom is -0.300 e. The van der Waals surface area contributed by atoms with Crippen LogP contribution < -0.4 is 5.56 Å². The van der Waals surface area contributed by atoms with E-state index < -0.39 is 5.56 Å². The van der Waals surface area contributed by atoms with Gasteiger partial charge in [0.1, 0.15) is 11.6 Å². The normalized spacial score (nSPS) is 10.2. The maximum Gasteiger partial charge on any atom is 0.270 e. The smallest absolute Gasteiger partial charge is 0.270 e. The SMILES string of the molecule is N#Cc1c(-c2ccc(-c3ccccc3)cc2)nc(SCC(=O)c2ccc(N=[N+]=[N-])cc2)[nH]c1=O. The second kappa shape index (κ2) is 10.3. The molecule has 0 bridgehead atoms. The summed E-state index contributed by atoms with van der Waals surface area (Å²) in [5, 5.41) is 13.2. The van der Waals surface area contributed by atoms with Crippen molar-refractivity contribution >= 4 is 23.2 Å². The molecule has 0 amide bonds. The molecule has 4 rings (SSSR count). The lowest BCUT2D eigenvalue weighted by Crippen LogP contribution is -2.15.